The zero-order chi connectivity index (χ0) is 8.27. The second kappa shape index (κ2) is 3.39. The summed E-state index contributed by atoms with van der Waals surface area (Å²) in [6, 6.07) is 0. The van der Waals surface area contributed by atoms with Crippen LogP contribution in [0.1, 0.15) is 6.42 Å². The van der Waals surface area contributed by atoms with Gasteiger partial charge in [0.1, 0.15) is 5.82 Å². The first-order valence-electron chi connectivity index (χ1n) is 3.64. The van der Waals surface area contributed by atoms with Crippen molar-refractivity contribution in [2.45, 2.75) is 6.42 Å². The number of rotatable bonds is 0. The fraction of sp³-hybridized carbons (Fsp3) is 0.571. The molecule has 1 heterocycles. The predicted molar refractivity (Wildman–Crippen MR) is 45.8 cm³/mol. The minimum absolute atomic E-state index is 0.848. The van der Waals surface area contributed by atoms with Crippen LogP contribution in [-0.2, 0) is 0 Å². The number of hydrazone groups is 1. The first kappa shape index (κ1) is 8.07. The smallest absolute Gasteiger partial charge is 0.131 e. The van der Waals surface area contributed by atoms with Crippen LogP contribution >= 0.6 is 0 Å². The molecule has 4 heteroatoms. The maximum atomic E-state index is 4.14. The van der Waals surface area contributed by atoms with Gasteiger partial charge in [-0.15, -0.1) is 0 Å². The van der Waals surface area contributed by atoms with Crippen molar-refractivity contribution in [2.75, 3.05) is 20.6 Å². The summed E-state index contributed by atoms with van der Waals surface area (Å²) in [5.74, 6) is 0.848. The minimum atomic E-state index is 0.848. The van der Waals surface area contributed by atoms with Crippen molar-refractivity contribution in [1.29, 1.82) is 0 Å². The summed E-state index contributed by atoms with van der Waals surface area (Å²) in [5, 5.41) is 7.76. The molecule has 0 aromatic heterocycles. The van der Waals surface area contributed by atoms with E-state index in [9.17, 15) is 0 Å². The van der Waals surface area contributed by atoms with Gasteiger partial charge in [-0.3, -0.25) is 10.0 Å². The van der Waals surface area contributed by atoms with E-state index in [2.05, 4.69) is 17.1 Å². The van der Waals surface area contributed by atoms with E-state index >= 15 is 0 Å². The SMILES string of the molecule is C=C1N(C)/N=C\CCNN1C. The van der Waals surface area contributed by atoms with Gasteiger partial charge in [-0.25, -0.2) is 5.43 Å². The summed E-state index contributed by atoms with van der Waals surface area (Å²) in [5.41, 5.74) is 3.17. The Kier molecular flexibility index (Phi) is 2.48. The van der Waals surface area contributed by atoms with Crippen LogP contribution in [0.4, 0.5) is 0 Å². The molecule has 0 unspecified atom stereocenters. The number of hydrogen-bond acceptors (Lipinski definition) is 4. The van der Waals surface area contributed by atoms with Crippen molar-refractivity contribution in [2.24, 2.45) is 5.10 Å². The Bertz CT molecular complexity index is 175. The zero-order valence-electron chi connectivity index (χ0n) is 7.04. The van der Waals surface area contributed by atoms with Gasteiger partial charge in [0, 0.05) is 26.9 Å². The van der Waals surface area contributed by atoms with E-state index in [0.29, 0.717) is 0 Å². The predicted octanol–water partition coefficient (Wildman–Crippen LogP) is 0.215. The Balaban J connectivity index is 2.64. The molecule has 0 aliphatic carbocycles. The highest BCUT2D eigenvalue weighted by Gasteiger charge is 2.06. The fourth-order valence-corrected chi connectivity index (χ4v) is 0.852. The van der Waals surface area contributed by atoms with E-state index in [0.717, 1.165) is 18.8 Å². The molecular weight excluding hydrogens is 140 g/mol. The van der Waals surface area contributed by atoms with Gasteiger partial charge < -0.3 is 0 Å². The van der Waals surface area contributed by atoms with Crippen LogP contribution in [-0.4, -0.2) is 36.9 Å². The molecule has 1 N–H and O–H groups in total. The van der Waals surface area contributed by atoms with E-state index in [4.69, 9.17) is 0 Å². The second-order valence-corrected chi connectivity index (χ2v) is 2.49. The van der Waals surface area contributed by atoms with Gasteiger partial charge >= 0.3 is 0 Å². The van der Waals surface area contributed by atoms with Crippen molar-refractivity contribution in [3.8, 4) is 0 Å². The maximum Gasteiger partial charge on any atom is 0.131 e. The Morgan fingerprint density at radius 1 is 1.64 bits per heavy atom. The Morgan fingerprint density at radius 3 is 3.09 bits per heavy atom. The molecule has 62 valence electrons. The monoisotopic (exact) mass is 154 g/mol. The van der Waals surface area contributed by atoms with Gasteiger partial charge in [0.05, 0.1) is 0 Å². The quantitative estimate of drug-likeness (QED) is 0.541. The van der Waals surface area contributed by atoms with E-state index < -0.39 is 0 Å². The third kappa shape index (κ3) is 1.94. The normalized spacial score (nSPS) is 22.9. The van der Waals surface area contributed by atoms with Crippen LogP contribution < -0.4 is 5.43 Å². The molecule has 0 radical (unpaired) electrons. The number of nitrogens with one attached hydrogen (secondary N) is 1. The van der Waals surface area contributed by atoms with Gasteiger partial charge in [0.25, 0.3) is 0 Å². The molecule has 1 rings (SSSR count). The lowest BCUT2D eigenvalue weighted by Crippen LogP contribution is -2.39. The number of hydrogen-bond donors (Lipinski definition) is 1. The van der Waals surface area contributed by atoms with Gasteiger partial charge in [-0.05, 0) is 6.42 Å². The van der Waals surface area contributed by atoms with Crippen LogP contribution in [0.25, 0.3) is 0 Å². The highest BCUT2D eigenvalue weighted by Crippen LogP contribution is 2.02. The van der Waals surface area contributed by atoms with E-state index in [1.54, 1.807) is 5.01 Å². The largest absolute Gasteiger partial charge is 0.296 e. The van der Waals surface area contributed by atoms with Gasteiger partial charge in [0.2, 0.25) is 0 Å². The zero-order valence-corrected chi connectivity index (χ0v) is 7.04. The molecule has 1 aliphatic heterocycles. The third-order valence-corrected chi connectivity index (χ3v) is 1.64. The molecule has 0 aromatic rings. The summed E-state index contributed by atoms with van der Waals surface area (Å²) in [7, 11) is 3.81. The van der Waals surface area contributed by atoms with Crippen molar-refractivity contribution in [3.63, 3.8) is 0 Å². The van der Waals surface area contributed by atoms with Crippen molar-refractivity contribution in [1.82, 2.24) is 15.4 Å². The summed E-state index contributed by atoms with van der Waals surface area (Å²) in [6.45, 7) is 4.76. The lowest BCUT2D eigenvalue weighted by molar-refractivity contribution is 0.210. The first-order chi connectivity index (χ1) is 5.22. The van der Waals surface area contributed by atoms with Crippen LogP contribution in [0, 0.1) is 0 Å². The van der Waals surface area contributed by atoms with E-state index in [1.165, 1.54) is 0 Å². The Morgan fingerprint density at radius 2 is 2.36 bits per heavy atom. The van der Waals surface area contributed by atoms with Crippen LogP contribution in [0.5, 0.6) is 0 Å². The molecule has 0 aromatic carbocycles. The summed E-state index contributed by atoms with van der Waals surface area (Å²) >= 11 is 0. The molecule has 11 heavy (non-hydrogen) atoms. The summed E-state index contributed by atoms with van der Waals surface area (Å²) in [4.78, 5) is 0. The number of hydrazine groups is 1. The molecule has 0 atom stereocenters. The Labute approximate surface area is 67.1 Å². The molecule has 0 saturated carbocycles. The first-order valence-corrected chi connectivity index (χ1v) is 3.64. The van der Waals surface area contributed by atoms with E-state index in [1.807, 2.05) is 25.3 Å². The molecule has 0 saturated heterocycles. The van der Waals surface area contributed by atoms with Gasteiger partial charge in [-0.1, -0.05) is 6.58 Å². The topological polar surface area (TPSA) is 30.9 Å². The van der Waals surface area contributed by atoms with Crippen molar-refractivity contribution >= 4 is 6.21 Å². The molecular formula is C7H14N4. The number of nitrogens with zero attached hydrogens (tertiary/aromatic N) is 3. The van der Waals surface area contributed by atoms with Crippen LogP contribution in [0.3, 0.4) is 0 Å². The highest BCUT2D eigenvalue weighted by atomic mass is 15.6. The molecule has 0 bridgehead atoms. The third-order valence-electron chi connectivity index (χ3n) is 1.64. The van der Waals surface area contributed by atoms with Crippen molar-refractivity contribution < 1.29 is 0 Å². The molecule has 0 amide bonds. The average molecular weight is 154 g/mol. The maximum absolute atomic E-state index is 4.14. The summed E-state index contributed by atoms with van der Waals surface area (Å²) < 4.78 is 0. The van der Waals surface area contributed by atoms with Crippen molar-refractivity contribution in [3.05, 3.63) is 12.4 Å². The fourth-order valence-electron chi connectivity index (χ4n) is 0.852. The Hall–Kier alpha value is -1.03. The van der Waals surface area contributed by atoms with Gasteiger partial charge in [-0.2, -0.15) is 5.10 Å². The lowest BCUT2D eigenvalue weighted by atomic mass is 10.5. The molecule has 1 aliphatic rings. The molecule has 0 fully saturated rings. The second-order valence-electron chi connectivity index (χ2n) is 2.49. The van der Waals surface area contributed by atoms with Gasteiger partial charge in [0.15, 0.2) is 0 Å². The minimum Gasteiger partial charge on any atom is -0.296 e. The lowest BCUT2D eigenvalue weighted by Gasteiger charge is -2.28. The molecule has 0 spiro atoms. The van der Waals surface area contributed by atoms with Crippen LogP contribution in [0.15, 0.2) is 17.5 Å². The van der Waals surface area contributed by atoms with Crippen LogP contribution in [0.2, 0.25) is 0 Å². The average Bonchev–Trinajstić information content (AvgIpc) is 2.00. The summed E-state index contributed by atoms with van der Waals surface area (Å²) in [6.07, 6.45) is 2.83. The molecule has 4 nitrogen and oxygen atoms in total. The highest BCUT2D eigenvalue weighted by molar-refractivity contribution is 5.57. The standard InChI is InChI=1S/C7H14N4/c1-7-10(2)8-5-4-6-9-11(7)3/h5,9H,1,4,6H2,2-3H3/b8-5-. The van der Waals surface area contributed by atoms with E-state index in [-0.39, 0.29) is 0 Å².